The standard InChI is InChI=1S/C17H17FN2/c1-3-5-6-7-13-11-19-17(20-12-13)15-9-8-14(4-2)16(18)10-15/h2,8-12H,3,5-7H2,1H3. The van der Waals surface area contributed by atoms with Crippen molar-refractivity contribution in [2.24, 2.45) is 0 Å². The summed E-state index contributed by atoms with van der Waals surface area (Å²) in [6.45, 7) is 2.17. The molecule has 0 unspecified atom stereocenters. The number of terminal acetylenes is 1. The van der Waals surface area contributed by atoms with Crippen LogP contribution in [0, 0.1) is 18.2 Å². The topological polar surface area (TPSA) is 25.8 Å². The molecule has 0 saturated carbocycles. The molecule has 0 N–H and O–H groups in total. The van der Waals surface area contributed by atoms with E-state index in [9.17, 15) is 4.39 Å². The fourth-order valence-corrected chi connectivity index (χ4v) is 1.98. The molecule has 2 rings (SSSR count). The zero-order chi connectivity index (χ0) is 14.4. The highest BCUT2D eigenvalue weighted by molar-refractivity contribution is 5.56. The normalized spacial score (nSPS) is 10.2. The number of halogens is 1. The van der Waals surface area contributed by atoms with E-state index >= 15 is 0 Å². The van der Waals surface area contributed by atoms with Crippen molar-refractivity contribution in [1.29, 1.82) is 0 Å². The number of aryl methyl sites for hydroxylation is 1. The van der Waals surface area contributed by atoms with E-state index in [1.807, 2.05) is 12.4 Å². The van der Waals surface area contributed by atoms with Gasteiger partial charge in [-0.2, -0.15) is 0 Å². The molecule has 1 aromatic carbocycles. The monoisotopic (exact) mass is 268 g/mol. The minimum Gasteiger partial charge on any atom is -0.236 e. The van der Waals surface area contributed by atoms with Crippen molar-refractivity contribution >= 4 is 0 Å². The first-order valence-electron chi connectivity index (χ1n) is 6.82. The number of hydrogen-bond donors (Lipinski definition) is 0. The molecule has 102 valence electrons. The largest absolute Gasteiger partial charge is 0.236 e. The summed E-state index contributed by atoms with van der Waals surface area (Å²) in [4.78, 5) is 8.59. The summed E-state index contributed by atoms with van der Waals surface area (Å²) in [6, 6.07) is 4.69. The van der Waals surface area contributed by atoms with Crippen LogP contribution in [0.3, 0.4) is 0 Å². The van der Waals surface area contributed by atoms with Crippen molar-refractivity contribution in [3.8, 4) is 23.7 Å². The molecule has 3 heteroatoms. The summed E-state index contributed by atoms with van der Waals surface area (Å²) in [5.41, 5.74) is 2.01. The maximum absolute atomic E-state index is 13.6. The van der Waals surface area contributed by atoms with Gasteiger partial charge < -0.3 is 0 Å². The van der Waals surface area contributed by atoms with Gasteiger partial charge in [0.05, 0.1) is 5.56 Å². The van der Waals surface area contributed by atoms with Gasteiger partial charge in [-0.3, -0.25) is 0 Å². The van der Waals surface area contributed by atoms with E-state index in [0.29, 0.717) is 11.4 Å². The molecule has 0 amide bonds. The first-order valence-corrected chi connectivity index (χ1v) is 6.82. The first-order chi connectivity index (χ1) is 9.74. The van der Waals surface area contributed by atoms with Crippen LogP contribution < -0.4 is 0 Å². The molecule has 2 nitrogen and oxygen atoms in total. The molecule has 0 spiro atoms. The molecule has 2 aromatic rings. The third kappa shape index (κ3) is 3.42. The van der Waals surface area contributed by atoms with Crippen LogP contribution in [0.2, 0.25) is 0 Å². The smallest absolute Gasteiger partial charge is 0.159 e. The number of nitrogens with zero attached hydrogens (tertiary/aromatic N) is 2. The summed E-state index contributed by atoms with van der Waals surface area (Å²) < 4.78 is 13.6. The number of unbranched alkanes of at least 4 members (excludes halogenated alkanes) is 2. The van der Waals surface area contributed by atoms with Crippen LogP contribution in [-0.2, 0) is 6.42 Å². The Morgan fingerprint density at radius 2 is 1.95 bits per heavy atom. The van der Waals surface area contributed by atoms with Gasteiger partial charge in [0.25, 0.3) is 0 Å². The van der Waals surface area contributed by atoms with E-state index in [0.717, 1.165) is 18.4 Å². The number of benzene rings is 1. The second-order valence-corrected chi connectivity index (χ2v) is 4.71. The highest BCUT2D eigenvalue weighted by atomic mass is 19.1. The lowest BCUT2D eigenvalue weighted by molar-refractivity contribution is 0.624. The van der Waals surface area contributed by atoms with Gasteiger partial charge in [-0.05, 0) is 36.6 Å². The highest BCUT2D eigenvalue weighted by Crippen LogP contribution is 2.18. The average molecular weight is 268 g/mol. The fraction of sp³-hybridized carbons (Fsp3) is 0.294. The van der Waals surface area contributed by atoms with E-state index < -0.39 is 5.82 Å². The number of aromatic nitrogens is 2. The third-order valence-electron chi connectivity index (χ3n) is 3.16. The molecule has 0 aliphatic rings. The Morgan fingerprint density at radius 1 is 1.20 bits per heavy atom. The lowest BCUT2D eigenvalue weighted by atomic mass is 10.1. The van der Waals surface area contributed by atoms with Crippen molar-refractivity contribution in [3.05, 3.63) is 47.5 Å². The van der Waals surface area contributed by atoms with E-state index in [1.54, 1.807) is 12.1 Å². The van der Waals surface area contributed by atoms with Crippen molar-refractivity contribution in [3.63, 3.8) is 0 Å². The molecule has 0 fully saturated rings. The molecule has 0 bridgehead atoms. The van der Waals surface area contributed by atoms with E-state index in [4.69, 9.17) is 6.42 Å². The molecular weight excluding hydrogens is 251 g/mol. The van der Waals surface area contributed by atoms with Gasteiger partial charge in [-0.15, -0.1) is 6.42 Å². The predicted molar refractivity (Wildman–Crippen MR) is 78.6 cm³/mol. The molecular formula is C17H17FN2. The summed E-state index contributed by atoms with van der Waals surface area (Å²) in [5.74, 6) is 2.40. The SMILES string of the molecule is C#Cc1ccc(-c2ncc(CCCCC)cn2)cc1F. The molecule has 0 aliphatic heterocycles. The fourth-order valence-electron chi connectivity index (χ4n) is 1.98. The van der Waals surface area contributed by atoms with E-state index in [1.165, 1.54) is 18.9 Å². The van der Waals surface area contributed by atoms with Gasteiger partial charge in [0, 0.05) is 18.0 Å². The Bertz CT molecular complexity index is 612. The molecule has 20 heavy (non-hydrogen) atoms. The van der Waals surface area contributed by atoms with Crippen LogP contribution in [0.4, 0.5) is 4.39 Å². The lowest BCUT2D eigenvalue weighted by Crippen LogP contribution is -1.94. The van der Waals surface area contributed by atoms with Crippen LogP contribution in [0.1, 0.15) is 37.3 Å². The average Bonchev–Trinajstić information content (AvgIpc) is 2.48. The maximum Gasteiger partial charge on any atom is 0.159 e. The summed E-state index contributed by atoms with van der Waals surface area (Å²) >= 11 is 0. The minimum atomic E-state index is -0.416. The van der Waals surface area contributed by atoms with E-state index in [2.05, 4.69) is 22.8 Å². The quantitative estimate of drug-likeness (QED) is 0.605. The molecule has 0 saturated heterocycles. The van der Waals surface area contributed by atoms with Crippen molar-refractivity contribution < 1.29 is 4.39 Å². The second-order valence-electron chi connectivity index (χ2n) is 4.71. The molecule has 0 aliphatic carbocycles. The molecule has 0 atom stereocenters. The number of hydrogen-bond acceptors (Lipinski definition) is 2. The predicted octanol–water partition coefficient (Wildman–Crippen LogP) is 4.00. The maximum atomic E-state index is 13.6. The van der Waals surface area contributed by atoms with Crippen LogP contribution in [0.25, 0.3) is 11.4 Å². The summed E-state index contributed by atoms with van der Waals surface area (Å²) in [5, 5.41) is 0. The summed E-state index contributed by atoms with van der Waals surface area (Å²) in [7, 11) is 0. The van der Waals surface area contributed by atoms with Crippen LogP contribution >= 0.6 is 0 Å². The highest BCUT2D eigenvalue weighted by Gasteiger charge is 2.06. The van der Waals surface area contributed by atoms with Crippen molar-refractivity contribution in [2.75, 3.05) is 0 Å². The van der Waals surface area contributed by atoms with Crippen LogP contribution in [0.15, 0.2) is 30.6 Å². The Morgan fingerprint density at radius 3 is 2.55 bits per heavy atom. The zero-order valence-electron chi connectivity index (χ0n) is 11.6. The van der Waals surface area contributed by atoms with Gasteiger partial charge in [0.15, 0.2) is 5.82 Å². The van der Waals surface area contributed by atoms with Gasteiger partial charge in [0.2, 0.25) is 0 Å². The Kier molecular flexibility index (Phi) is 4.84. The van der Waals surface area contributed by atoms with Crippen LogP contribution in [0.5, 0.6) is 0 Å². The van der Waals surface area contributed by atoms with Gasteiger partial charge >= 0.3 is 0 Å². The molecule has 0 radical (unpaired) electrons. The summed E-state index contributed by atoms with van der Waals surface area (Å²) in [6.07, 6.45) is 13.3. The Balaban J connectivity index is 2.14. The first kappa shape index (κ1) is 14.2. The van der Waals surface area contributed by atoms with Crippen molar-refractivity contribution in [1.82, 2.24) is 9.97 Å². The van der Waals surface area contributed by atoms with Gasteiger partial charge in [-0.25, -0.2) is 14.4 Å². The second kappa shape index (κ2) is 6.81. The van der Waals surface area contributed by atoms with Crippen molar-refractivity contribution in [2.45, 2.75) is 32.6 Å². The zero-order valence-corrected chi connectivity index (χ0v) is 11.6. The Labute approximate surface area is 119 Å². The van der Waals surface area contributed by atoms with Gasteiger partial charge in [0.1, 0.15) is 5.82 Å². The van der Waals surface area contributed by atoms with Crippen LogP contribution in [-0.4, -0.2) is 9.97 Å². The minimum absolute atomic E-state index is 0.255. The van der Waals surface area contributed by atoms with E-state index in [-0.39, 0.29) is 5.56 Å². The third-order valence-corrected chi connectivity index (χ3v) is 3.16. The lowest BCUT2D eigenvalue weighted by Gasteiger charge is -2.04. The van der Waals surface area contributed by atoms with Gasteiger partial charge in [-0.1, -0.05) is 25.7 Å². The number of rotatable bonds is 5. The Hall–Kier alpha value is -2.21. The molecule has 1 aromatic heterocycles. The molecule has 1 heterocycles.